The van der Waals surface area contributed by atoms with Crippen LogP contribution in [-0.2, 0) is 9.53 Å². The van der Waals surface area contributed by atoms with Crippen molar-refractivity contribution >= 4 is 17.7 Å². The SMILES string of the molecule is O=C(CCSc1ccc(F)c(F)c1)N1CCOC(CO)C1. The molecule has 0 aromatic heterocycles. The number of rotatable bonds is 5. The van der Waals surface area contributed by atoms with Crippen LogP contribution in [0.1, 0.15) is 6.42 Å². The Morgan fingerprint density at radius 3 is 2.95 bits per heavy atom. The third-order valence-electron chi connectivity index (χ3n) is 3.17. The van der Waals surface area contributed by atoms with Crippen molar-refractivity contribution in [3.05, 3.63) is 29.8 Å². The summed E-state index contributed by atoms with van der Waals surface area (Å²) in [4.78, 5) is 14.3. The van der Waals surface area contributed by atoms with Crippen LogP contribution >= 0.6 is 11.8 Å². The van der Waals surface area contributed by atoms with Crippen molar-refractivity contribution in [2.75, 3.05) is 32.1 Å². The number of amides is 1. The highest BCUT2D eigenvalue weighted by molar-refractivity contribution is 7.99. The van der Waals surface area contributed by atoms with Crippen LogP contribution < -0.4 is 0 Å². The molecule has 1 N–H and O–H groups in total. The number of hydrogen-bond donors (Lipinski definition) is 1. The van der Waals surface area contributed by atoms with E-state index in [0.29, 0.717) is 36.8 Å². The van der Waals surface area contributed by atoms with Crippen LogP contribution in [0.3, 0.4) is 0 Å². The van der Waals surface area contributed by atoms with Crippen LogP contribution in [-0.4, -0.2) is 54.1 Å². The molecule has 21 heavy (non-hydrogen) atoms. The largest absolute Gasteiger partial charge is 0.394 e. The Morgan fingerprint density at radius 1 is 1.43 bits per heavy atom. The molecule has 1 saturated heterocycles. The Bertz CT molecular complexity index is 501. The normalized spacial score (nSPS) is 18.8. The quantitative estimate of drug-likeness (QED) is 0.839. The highest BCUT2D eigenvalue weighted by atomic mass is 32.2. The highest BCUT2D eigenvalue weighted by Crippen LogP contribution is 2.21. The predicted molar refractivity (Wildman–Crippen MR) is 75.1 cm³/mol. The van der Waals surface area contributed by atoms with Gasteiger partial charge in [0.05, 0.1) is 19.3 Å². The molecule has 1 aromatic rings. The zero-order valence-electron chi connectivity index (χ0n) is 11.4. The number of hydrogen-bond acceptors (Lipinski definition) is 4. The zero-order valence-corrected chi connectivity index (χ0v) is 12.2. The number of carbonyl (C=O) groups is 1. The minimum Gasteiger partial charge on any atom is -0.394 e. The number of morpholine rings is 1. The lowest BCUT2D eigenvalue weighted by Crippen LogP contribution is -2.47. The molecule has 1 fully saturated rings. The maximum Gasteiger partial charge on any atom is 0.223 e. The number of aliphatic hydroxyl groups is 1. The number of aliphatic hydroxyl groups excluding tert-OH is 1. The van der Waals surface area contributed by atoms with E-state index < -0.39 is 11.6 Å². The topological polar surface area (TPSA) is 49.8 Å². The summed E-state index contributed by atoms with van der Waals surface area (Å²) < 4.78 is 31.1. The van der Waals surface area contributed by atoms with Gasteiger partial charge in [-0.2, -0.15) is 0 Å². The van der Waals surface area contributed by atoms with Crippen molar-refractivity contribution in [3.63, 3.8) is 0 Å². The van der Waals surface area contributed by atoms with E-state index in [2.05, 4.69) is 0 Å². The Labute approximate surface area is 126 Å². The van der Waals surface area contributed by atoms with Crippen molar-refractivity contribution in [1.29, 1.82) is 0 Å². The molecule has 1 atom stereocenters. The molecular formula is C14H17F2NO3S. The molecule has 1 aliphatic heterocycles. The molecular weight excluding hydrogens is 300 g/mol. The standard InChI is InChI=1S/C14H17F2NO3S/c15-12-2-1-11(7-13(12)16)21-6-3-14(19)17-4-5-20-10(8-17)9-18/h1-2,7,10,18H,3-6,8-9H2. The van der Waals surface area contributed by atoms with Gasteiger partial charge in [0.15, 0.2) is 11.6 Å². The van der Waals surface area contributed by atoms with Gasteiger partial charge in [-0.3, -0.25) is 4.79 Å². The Hall–Kier alpha value is -1.18. The van der Waals surface area contributed by atoms with E-state index in [9.17, 15) is 13.6 Å². The van der Waals surface area contributed by atoms with Gasteiger partial charge in [-0.1, -0.05) is 0 Å². The lowest BCUT2D eigenvalue weighted by molar-refractivity contribution is -0.139. The molecule has 1 unspecified atom stereocenters. The van der Waals surface area contributed by atoms with Crippen LogP contribution in [0.25, 0.3) is 0 Å². The molecule has 0 radical (unpaired) electrons. The molecule has 4 nitrogen and oxygen atoms in total. The molecule has 1 aromatic carbocycles. The zero-order chi connectivity index (χ0) is 15.2. The highest BCUT2D eigenvalue weighted by Gasteiger charge is 2.23. The Kier molecular flexibility index (Phi) is 5.96. The molecule has 1 amide bonds. The summed E-state index contributed by atoms with van der Waals surface area (Å²) in [7, 11) is 0. The van der Waals surface area contributed by atoms with Gasteiger partial charge in [-0.05, 0) is 18.2 Å². The molecule has 0 spiro atoms. The first-order valence-electron chi connectivity index (χ1n) is 6.68. The lowest BCUT2D eigenvalue weighted by Gasteiger charge is -2.32. The smallest absolute Gasteiger partial charge is 0.223 e. The first kappa shape index (κ1) is 16.2. The number of carbonyl (C=O) groups excluding carboxylic acids is 1. The van der Waals surface area contributed by atoms with Gasteiger partial charge in [-0.15, -0.1) is 11.8 Å². The van der Waals surface area contributed by atoms with E-state index in [4.69, 9.17) is 9.84 Å². The average molecular weight is 317 g/mol. The van der Waals surface area contributed by atoms with E-state index in [1.165, 1.54) is 17.8 Å². The Balaban J connectivity index is 1.77. The third-order valence-corrected chi connectivity index (χ3v) is 4.17. The second kappa shape index (κ2) is 7.72. The van der Waals surface area contributed by atoms with Crippen molar-refractivity contribution in [2.45, 2.75) is 17.4 Å². The van der Waals surface area contributed by atoms with Crippen LogP contribution in [0, 0.1) is 11.6 Å². The second-order valence-corrected chi connectivity index (χ2v) is 5.86. The number of thioether (sulfide) groups is 1. The van der Waals surface area contributed by atoms with Crippen molar-refractivity contribution in [1.82, 2.24) is 4.90 Å². The van der Waals surface area contributed by atoms with E-state index in [0.717, 1.165) is 12.1 Å². The summed E-state index contributed by atoms with van der Waals surface area (Å²) in [6, 6.07) is 3.69. The maximum atomic E-state index is 13.0. The van der Waals surface area contributed by atoms with E-state index in [1.54, 1.807) is 4.90 Å². The summed E-state index contributed by atoms with van der Waals surface area (Å²) >= 11 is 1.31. The molecule has 0 aliphatic carbocycles. The molecule has 7 heteroatoms. The van der Waals surface area contributed by atoms with Crippen LogP contribution in [0.15, 0.2) is 23.1 Å². The number of ether oxygens (including phenoxy) is 1. The average Bonchev–Trinajstić information content (AvgIpc) is 2.50. The van der Waals surface area contributed by atoms with Gasteiger partial charge in [0.2, 0.25) is 5.91 Å². The minimum atomic E-state index is -0.884. The van der Waals surface area contributed by atoms with E-state index in [1.807, 2.05) is 0 Å². The summed E-state index contributed by atoms with van der Waals surface area (Å²) in [6.07, 6.45) is -0.0107. The molecule has 116 valence electrons. The first-order chi connectivity index (χ1) is 10.1. The fourth-order valence-electron chi connectivity index (χ4n) is 2.04. The number of benzene rings is 1. The summed E-state index contributed by atoms with van der Waals surface area (Å²) in [5.74, 6) is -1.29. The van der Waals surface area contributed by atoms with Crippen molar-refractivity contribution in [2.24, 2.45) is 0 Å². The maximum absolute atomic E-state index is 13.0. The predicted octanol–water partition coefficient (Wildman–Crippen LogP) is 1.67. The monoisotopic (exact) mass is 317 g/mol. The Morgan fingerprint density at radius 2 is 2.24 bits per heavy atom. The first-order valence-corrected chi connectivity index (χ1v) is 7.67. The van der Waals surface area contributed by atoms with Crippen molar-refractivity contribution in [3.8, 4) is 0 Å². The van der Waals surface area contributed by atoms with Gasteiger partial charge in [0.25, 0.3) is 0 Å². The number of halogens is 2. The van der Waals surface area contributed by atoms with Gasteiger partial charge >= 0.3 is 0 Å². The second-order valence-electron chi connectivity index (χ2n) is 4.69. The van der Waals surface area contributed by atoms with Gasteiger partial charge < -0.3 is 14.7 Å². The molecule has 0 bridgehead atoms. The van der Waals surface area contributed by atoms with Crippen LogP contribution in [0.4, 0.5) is 8.78 Å². The fraction of sp³-hybridized carbons (Fsp3) is 0.500. The lowest BCUT2D eigenvalue weighted by atomic mass is 10.2. The van der Waals surface area contributed by atoms with E-state index >= 15 is 0 Å². The number of nitrogens with zero attached hydrogens (tertiary/aromatic N) is 1. The van der Waals surface area contributed by atoms with Gasteiger partial charge in [-0.25, -0.2) is 8.78 Å². The molecule has 1 heterocycles. The van der Waals surface area contributed by atoms with Crippen LogP contribution in [0.2, 0.25) is 0 Å². The summed E-state index contributed by atoms with van der Waals surface area (Å²) in [5.41, 5.74) is 0. The fourth-order valence-corrected chi connectivity index (χ4v) is 2.90. The van der Waals surface area contributed by atoms with Gasteiger partial charge in [0.1, 0.15) is 0 Å². The van der Waals surface area contributed by atoms with E-state index in [-0.39, 0.29) is 18.6 Å². The third kappa shape index (κ3) is 4.66. The molecule has 0 saturated carbocycles. The summed E-state index contributed by atoms with van der Waals surface area (Å²) in [6.45, 7) is 1.23. The van der Waals surface area contributed by atoms with Crippen LogP contribution in [0.5, 0.6) is 0 Å². The van der Waals surface area contributed by atoms with Gasteiger partial charge in [0, 0.05) is 30.2 Å². The van der Waals surface area contributed by atoms with Crippen molar-refractivity contribution < 1.29 is 23.4 Å². The molecule has 2 rings (SSSR count). The molecule has 1 aliphatic rings. The minimum absolute atomic E-state index is 0.0215. The summed E-state index contributed by atoms with van der Waals surface area (Å²) in [5, 5.41) is 9.03.